The van der Waals surface area contributed by atoms with Crippen LogP contribution in [0.1, 0.15) is 21.5 Å². The SMILES string of the molecule is Cc1cccc(NC(=O)c2cnc(N3CCN(C)CC3)nc2)c1C. The molecular formula is C18H23N5O. The Balaban J connectivity index is 1.69. The molecule has 1 saturated heterocycles. The third kappa shape index (κ3) is 3.54. The van der Waals surface area contributed by atoms with Crippen LogP contribution in [-0.4, -0.2) is 54.0 Å². The predicted molar refractivity (Wildman–Crippen MR) is 95.6 cm³/mol. The fourth-order valence-electron chi connectivity index (χ4n) is 2.69. The van der Waals surface area contributed by atoms with Crippen molar-refractivity contribution in [2.75, 3.05) is 43.4 Å². The van der Waals surface area contributed by atoms with Gasteiger partial charge in [-0.05, 0) is 38.1 Å². The topological polar surface area (TPSA) is 61.4 Å². The van der Waals surface area contributed by atoms with Gasteiger partial charge in [-0.3, -0.25) is 4.79 Å². The first-order valence-corrected chi connectivity index (χ1v) is 8.17. The second-order valence-electron chi connectivity index (χ2n) is 6.26. The van der Waals surface area contributed by atoms with Gasteiger partial charge in [-0.25, -0.2) is 9.97 Å². The molecule has 0 radical (unpaired) electrons. The summed E-state index contributed by atoms with van der Waals surface area (Å²) in [4.78, 5) is 25.6. The molecule has 1 amide bonds. The van der Waals surface area contributed by atoms with Crippen LogP contribution >= 0.6 is 0 Å². The lowest BCUT2D eigenvalue weighted by atomic mass is 10.1. The Hall–Kier alpha value is -2.47. The summed E-state index contributed by atoms with van der Waals surface area (Å²) in [6.45, 7) is 7.84. The summed E-state index contributed by atoms with van der Waals surface area (Å²) in [5.41, 5.74) is 3.51. The van der Waals surface area contributed by atoms with Gasteiger partial charge in [0, 0.05) is 44.3 Å². The molecule has 0 saturated carbocycles. The third-order valence-electron chi connectivity index (χ3n) is 4.54. The van der Waals surface area contributed by atoms with E-state index in [-0.39, 0.29) is 5.91 Å². The number of benzene rings is 1. The highest BCUT2D eigenvalue weighted by Gasteiger charge is 2.17. The first kappa shape index (κ1) is 16.4. The van der Waals surface area contributed by atoms with Crippen LogP contribution in [0.3, 0.4) is 0 Å². The lowest BCUT2D eigenvalue weighted by Crippen LogP contribution is -2.45. The Labute approximate surface area is 142 Å². The average molecular weight is 325 g/mol. The molecule has 1 aromatic carbocycles. The van der Waals surface area contributed by atoms with Crippen LogP contribution in [0.5, 0.6) is 0 Å². The number of piperazine rings is 1. The van der Waals surface area contributed by atoms with Gasteiger partial charge in [0.05, 0.1) is 5.56 Å². The first-order valence-electron chi connectivity index (χ1n) is 8.17. The molecule has 0 unspecified atom stereocenters. The van der Waals surface area contributed by atoms with E-state index < -0.39 is 0 Å². The van der Waals surface area contributed by atoms with Crippen molar-refractivity contribution in [3.8, 4) is 0 Å². The van der Waals surface area contributed by atoms with Crippen molar-refractivity contribution in [1.29, 1.82) is 0 Å². The van der Waals surface area contributed by atoms with Crippen LogP contribution in [0, 0.1) is 13.8 Å². The molecule has 126 valence electrons. The molecule has 1 aliphatic rings. The Morgan fingerprint density at radius 2 is 1.75 bits per heavy atom. The smallest absolute Gasteiger partial charge is 0.258 e. The van der Waals surface area contributed by atoms with Gasteiger partial charge in [0.15, 0.2) is 0 Å². The Bertz CT molecular complexity index is 721. The van der Waals surface area contributed by atoms with Crippen molar-refractivity contribution < 1.29 is 4.79 Å². The second kappa shape index (κ2) is 6.97. The normalized spacial score (nSPS) is 15.4. The molecule has 1 aromatic heterocycles. The maximum Gasteiger partial charge on any atom is 0.258 e. The van der Waals surface area contributed by atoms with Crippen molar-refractivity contribution in [3.63, 3.8) is 0 Å². The molecule has 3 rings (SSSR count). The molecule has 6 nitrogen and oxygen atoms in total. The van der Waals surface area contributed by atoms with E-state index in [1.54, 1.807) is 12.4 Å². The molecular weight excluding hydrogens is 302 g/mol. The number of nitrogens with one attached hydrogen (secondary N) is 1. The van der Waals surface area contributed by atoms with Gasteiger partial charge in [-0.2, -0.15) is 0 Å². The summed E-state index contributed by atoms with van der Waals surface area (Å²) in [6.07, 6.45) is 3.20. The molecule has 0 spiro atoms. The van der Waals surface area contributed by atoms with Gasteiger partial charge in [0.25, 0.3) is 5.91 Å². The van der Waals surface area contributed by atoms with E-state index in [1.165, 1.54) is 0 Å². The highest BCUT2D eigenvalue weighted by atomic mass is 16.1. The minimum atomic E-state index is -0.186. The zero-order chi connectivity index (χ0) is 17.1. The fraction of sp³-hybridized carbons (Fsp3) is 0.389. The molecule has 1 fully saturated rings. The van der Waals surface area contributed by atoms with Crippen molar-refractivity contribution in [2.24, 2.45) is 0 Å². The first-order chi connectivity index (χ1) is 11.5. The van der Waals surface area contributed by atoms with Crippen LogP contribution in [0.15, 0.2) is 30.6 Å². The number of carbonyl (C=O) groups is 1. The maximum atomic E-state index is 12.4. The monoisotopic (exact) mass is 325 g/mol. The summed E-state index contributed by atoms with van der Waals surface area (Å²) in [5, 5.41) is 2.93. The van der Waals surface area contributed by atoms with Gasteiger partial charge in [0.2, 0.25) is 5.95 Å². The van der Waals surface area contributed by atoms with Crippen LogP contribution in [0.2, 0.25) is 0 Å². The number of likely N-dealkylation sites (N-methyl/N-ethyl adjacent to an activating group) is 1. The van der Waals surface area contributed by atoms with E-state index in [1.807, 2.05) is 32.0 Å². The predicted octanol–water partition coefficient (Wildman–Crippen LogP) is 2.10. The van der Waals surface area contributed by atoms with Crippen molar-refractivity contribution in [2.45, 2.75) is 13.8 Å². The van der Waals surface area contributed by atoms with Crippen molar-refractivity contribution in [3.05, 3.63) is 47.3 Å². The number of hydrogen-bond donors (Lipinski definition) is 1. The lowest BCUT2D eigenvalue weighted by molar-refractivity contribution is 0.102. The van der Waals surface area contributed by atoms with Crippen LogP contribution < -0.4 is 10.2 Å². The highest BCUT2D eigenvalue weighted by molar-refractivity contribution is 6.04. The number of carbonyl (C=O) groups excluding carboxylic acids is 1. The molecule has 2 aromatic rings. The van der Waals surface area contributed by atoms with Gasteiger partial charge < -0.3 is 15.1 Å². The van der Waals surface area contributed by atoms with Crippen molar-refractivity contribution in [1.82, 2.24) is 14.9 Å². The summed E-state index contributed by atoms with van der Waals surface area (Å²) in [7, 11) is 2.11. The largest absolute Gasteiger partial charge is 0.338 e. The van der Waals surface area contributed by atoms with Gasteiger partial charge in [0.1, 0.15) is 0 Å². The minimum Gasteiger partial charge on any atom is -0.338 e. The standard InChI is InChI=1S/C18H23N5O/c1-13-5-4-6-16(14(13)2)21-17(24)15-11-19-18(20-12-15)23-9-7-22(3)8-10-23/h4-6,11-12H,7-10H2,1-3H3,(H,21,24). The van der Waals surface area contributed by atoms with Gasteiger partial charge in [-0.1, -0.05) is 12.1 Å². The summed E-state index contributed by atoms with van der Waals surface area (Å²) in [6, 6.07) is 5.86. The Morgan fingerprint density at radius 1 is 1.08 bits per heavy atom. The van der Waals surface area contributed by atoms with Crippen LogP contribution in [-0.2, 0) is 0 Å². The molecule has 24 heavy (non-hydrogen) atoms. The number of anilines is 2. The molecule has 0 aliphatic carbocycles. The fourth-order valence-corrected chi connectivity index (χ4v) is 2.69. The number of rotatable bonds is 3. The third-order valence-corrected chi connectivity index (χ3v) is 4.54. The van der Waals surface area contributed by atoms with Gasteiger partial charge in [-0.15, -0.1) is 0 Å². The molecule has 6 heteroatoms. The maximum absolute atomic E-state index is 12.4. The van der Waals surface area contributed by atoms with Crippen molar-refractivity contribution >= 4 is 17.5 Å². The Kier molecular flexibility index (Phi) is 4.76. The minimum absolute atomic E-state index is 0.186. The summed E-state index contributed by atoms with van der Waals surface area (Å²) in [5.74, 6) is 0.500. The quantitative estimate of drug-likeness (QED) is 0.936. The second-order valence-corrected chi connectivity index (χ2v) is 6.26. The molecule has 0 bridgehead atoms. The van der Waals surface area contributed by atoms with Crippen LogP contribution in [0.4, 0.5) is 11.6 Å². The number of amides is 1. The Morgan fingerprint density at radius 3 is 2.42 bits per heavy atom. The van der Waals surface area contributed by atoms with Crippen LogP contribution in [0.25, 0.3) is 0 Å². The van der Waals surface area contributed by atoms with E-state index in [9.17, 15) is 4.79 Å². The molecule has 0 atom stereocenters. The number of aryl methyl sites for hydroxylation is 1. The van der Waals surface area contributed by atoms with E-state index in [0.29, 0.717) is 11.5 Å². The molecule has 1 aliphatic heterocycles. The van der Waals surface area contributed by atoms with E-state index >= 15 is 0 Å². The lowest BCUT2D eigenvalue weighted by Gasteiger charge is -2.32. The summed E-state index contributed by atoms with van der Waals surface area (Å²) < 4.78 is 0. The molecule has 1 N–H and O–H groups in total. The van der Waals surface area contributed by atoms with E-state index in [4.69, 9.17) is 0 Å². The zero-order valence-corrected chi connectivity index (χ0v) is 14.4. The number of aromatic nitrogens is 2. The summed E-state index contributed by atoms with van der Waals surface area (Å²) >= 11 is 0. The number of hydrogen-bond acceptors (Lipinski definition) is 5. The zero-order valence-electron chi connectivity index (χ0n) is 14.4. The number of nitrogens with zero attached hydrogens (tertiary/aromatic N) is 4. The highest BCUT2D eigenvalue weighted by Crippen LogP contribution is 2.19. The van der Waals surface area contributed by atoms with Gasteiger partial charge >= 0.3 is 0 Å². The molecule has 2 heterocycles. The van der Waals surface area contributed by atoms with E-state index in [0.717, 1.165) is 43.0 Å². The van der Waals surface area contributed by atoms with E-state index in [2.05, 4.69) is 32.1 Å². The average Bonchev–Trinajstić information content (AvgIpc) is 2.60.